The van der Waals surface area contributed by atoms with Crippen LogP contribution in [0.3, 0.4) is 0 Å². The van der Waals surface area contributed by atoms with E-state index in [-0.39, 0.29) is 5.91 Å². The molecule has 0 bridgehead atoms. The predicted molar refractivity (Wildman–Crippen MR) is 109 cm³/mol. The average Bonchev–Trinajstić information content (AvgIpc) is 3.36. The van der Waals surface area contributed by atoms with Gasteiger partial charge in [-0.1, -0.05) is 35.2 Å². The fourth-order valence-corrected chi connectivity index (χ4v) is 5.05. The first-order chi connectivity index (χ1) is 13.0. The molecule has 1 amide bonds. The van der Waals surface area contributed by atoms with Crippen molar-refractivity contribution in [1.82, 2.24) is 20.3 Å². The lowest BCUT2D eigenvalue weighted by Crippen LogP contribution is -2.13. The maximum Gasteiger partial charge on any atom is 0.259 e. The number of thiophene rings is 1. The second-order valence-electron chi connectivity index (χ2n) is 5.67. The summed E-state index contributed by atoms with van der Waals surface area (Å²) in [5.41, 5.74) is 2.11. The van der Waals surface area contributed by atoms with Gasteiger partial charge in [-0.3, -0.25) is 10.1 Å². The third kappa shape index (κ3) is 3.60. The Kier molecular flexibility index (Phi) is 4.94. The molecule has 4 aromatic rings. The first kappa shape index (κ1) is 18.1. The van der Waals surface area contributed by atoms with Gasteiger partial charge in [0.05, 0.1) is 27.2 Å². The van der Waals surface area contributed by atoms with Crippen LogP contribution in [0.15, 0.2) is 27.1 Å². The molecule has 0 aromatic carbocycles. The van der Waals surface area contributed by atoms with Crippen molar-refractivity contribution in [2.24, 2.45) is 0 Å². The quantitative estimate of drug-likeness (QED) is 0.369. The SMILES string of the molecule is CCSc1nnc(NC(=O)c2cc(-c3ccc(C)s3)nc3onc(C)c23)s1. The Morgan fingerprint density at radius 3 is 2.85 bits per heavy atom. The standard InChI is InChI=1S/C17H15N5O2S3/c1-4-25-17-21-20-16(27-17)19-14(23)10-7-11(12-6-5-8(2)26-12)18-15-13(10)9(3)22-24-15/h5-7H,4H2,1-3H3,(H,19,20,23). The monoisotopic (exact) mass is 417 g/mol. The number of aryl methyl sites for hydroxylation is 2. The molecule has 0 radical (unpaired) electrons. The van der Waals surface area contributed by atoms with Crippen molar-refractivity contribution in [2.75, 3.05) is 11.1 Å². The zero-order valence-electron chi connectivity index (χ0n) is 14.8. The van der Waals surface area contributed by atoms with E-state index in [4.69, 9.17) is 4.52 Å². The highest BCUT2D eigenvalue weighted by atomic mass is 32.2. The third-order valence-corrected chi connectivity index (χ3v) is 6.63. The van der Waals surface area contributed by atoms with Crippen LogP contribution < -0.4 is 5.32 Å². The van der Waals surface area contributed by atoms with Crippen molar-refractivity contribution in [3.8, 4) is 10.6 Å². The van der Waals surface area contributed by atoms with Crippen molar-refractivity contribution in [3.63, 3.8) is 0 Å². The zero-order valence-corrected chi connectivity index (χ0v) is 17.2. The maximum absolute atomic E-state index is 13.0. The molecule has 0 aliphatic heterocycles. The Bertz CT molecular complexity index is 1130. The molecule has 0 saturated carbocycles. The Morgan fingerprint density at radius 1 is 1.26 bits per heavy atom. The number of hydrogen-bond acceptors (Lipinski definition) is 9. The fraction of sp³-hybridized carbons (Fsp3) is 0.235. The second-order valence-corrected chi connectivity index (χ2v) is 9.45. The summed E-state index contributed by atoms with van der Waals surface area (Å²) < 4.78 is 6.15. The Hall–Kier alpha value is -2.30. The molecule has 0 aliphatic carbocycles. The number of pyridine rings is 1. The Balaban J connectivity index is 1.74. The summed E-state index contributed by atoms with van der Waals surface area (Å²) in [5.74, 6) is 0.615. The first-order valence-electron chi connectivity index (χ1n) is 8.16. The van der Waals surface area contributed by atoms with E-state index >= 15 is 0 Å². The number of carbonyl (C=O) groups excluding carboxylic acids is 1. The fourth-order valence-electron chi connectivity index (χ4n) is 2.58. The minimum atomic E-state index is -0.285. The number of thioether (sulfide) groups is 1. The summed E-state index contributed by atoms with van der Waals surface area (Å²) in [4.78, 5) is 19.6. The molecule has 1 N–H and O–H groups in total. The van der Waals surface area contributed by atoms with Crippen molar-refractivity contribution < 1.29 is 9.32 Å². The van der Waals surface area contributed by atoms with Crippen LogP contribution in [0.25, 0.3) is 21.7 Å². The van der Waals surface area contributed by atoms with E-state index in [0.717, 1.165) is 15.0 Å². The molecular formula is C17H15N5O2S3. The van der Waals surface area contributed by atoms with E-state index in [9.17, 15) is 4.79 Å². The van der Waals surface area contributed by atoms with Crippen LogP contribution in [0.2, 0.25) is 0 Å². The summed E-state index contributed by atoms with van der Waals surface area (Å²) in [6.07, 6.45) is 0. The first-order valence-corrected chi connectivity index (χ1v) is 10.8. The summed E-state index contributed by atoms with van der Waals surface area (Å²) in [5, 5.41) is 16.0. The highest BCUT2D eigenvalue weighted by Gasteiger charge is 2.21. The number of amides is 1. The normalized spacial score (nSPS) is 11.2. The number of nitrogens with zero attached hydrogens (tertiary/aromatic N) is 4. The van der Waals surface area contributed by atoms with Crippen LogP contribution in [-0.4, -0.2) is 32.0 Å². The van der Waals surface area contributed by atoms with Gasteiger partial charge >= 0.3 is 0 Å². The third-order valence-electron chi connectivity index (χ3n) is 3.75. The molecule has 4 aromatic heterocycles. The molecule has 4 heterocycles. The zero-order chi connectivity index (χ0) is 19.0. The number of aromatic nitrogens is 4. The Labute approximate surface area is 167 Å². The van der Waals surface area contributed by atoms with Gasteiger partial charge in [-0.15, -0.1) is 21.5 Å². The smallest absolute Gasteiger partial charge is 0.259 e. The minimum absolute atomic E-state index is 0.285. The number of anilines is 1. The van der Waals surface area contributed by atoms with Crippen LogP contribution in [0.1, 0.15) is 27.9 Å². The average molecular weight is 418 g/mol. The molecule has 0 unspecified atom stereocenters. The van der Waals surface area contributed by atoms with Crippen LogP contribution in [-0.2, 0) is 0 Å². The molecule has 0 spiro atoms. The molecule has 7 nitrogen and oxygen atoms in total. The number of hydrogen-bond donors (Lipinski definition) is 1. The largest absolute Gasteiger partial charge is 0.335 e. The summed E-state index contributed by atoms with van der Waals surface area (Å²) in [7, 11) is 0. The van der Waals surface area contributed by atoms with Gasteiger partial charge in [-0.2, -0.15) is 0 Å². The van der Waals surface area contributed by atoms with Crippen LogP contribution in [0.5, 0.6) is 0 Å². The van der Waals surface area contributed by atoms with Crippen molar-refractivity contribution >= 4 is 56.6 Å². The molecule has 4 rings (SSSR count). The summed E-state index contributed by atoms with van der Waals surface area (Å²) in [6.45, 7) is 5.86. The Morgan fingerprint density at radius 2 is 2.11 bits per heavy atom. The van der Waals surface area contributed by atoms with Gasteiger partial charge in [0.2, 0.25) is 5.13 Å². The van der Waals surface area contributed by atoms with E-state index in [1.807, 2.05) is 26.0 Å². The van der Waals surface area contributed by atoms with Crippen molar-refractivity contribution in [3.05, 3.63) is 34.3 Å². The molecule has 138 valence electrons. The lowest BCUT2D eigenvalue weighted by atomic mass is 10.1. The van der Waals surface area contributed by atoms with Gasteiger partial charge in [-0.05, 0) is 37.8 Å². The number of rotatable bonds is 5. The second kappa shape index (κ2) is 7.37. The van der Waals surface area contributed by atoms with Crippen LogP contribution in [0, 0.1) is 13.8 Å². The number of carbonyl (C=O) groups is 1. The molecule has 10 heteroatoms. The van der Waals surface area contributed by atoms with E-state index < -0.39 is 0 Å². The lowest BCUT2D eigenvalue weighted by molar-refractivity contribution is 0.102. The number of nitrogens with one attached hydrogen (secondary N) is 1. The molecule has 0 atom stereocenters. The van der Waals surface area contributed by atoms with Gasteiger partial charge in [0.1, 0.15) is 0 Å². The van der Waals surface area contributed by atoms with Crippen molar-refractivity contribution in [1.29, 1.82) is 0 Å². The van der Waals surface area contributed by atoms with Crippen LogP contribution in [0.4, 0.5) is 5.13 Å². The van der Waals surface area contributed by atoms with E-state index in [0.29, 0.717) is 33.2 Å². The van der Waals surface area contributed by atoms with Gasteiger partial charge in [0.25, 0.3) is 11.6 Å². The maximum atomic E-state index is 13.0. The highest BCUT2D eigenvalue weighted by Crippen LogP contribution is 2.32. The summed E-state index contributed by atoms with van der Waals surface area (Å²) in [6, 6.07) is 5.78. The predicted octanol–water partition coefficient (Wildman–Crippen LogP) is 4.78. The topological polar surface area (TPSA) is 93.8 Å². The van der Waals surface area contributed by atoms with Crippen LogP contribution >= 0.6 is 34.4 Å². The van der Waals surface area contributed by atoms with Crippen molar-refractivity contribution in [2.45, 2.75) is 25.1 Å². The van der Waals surface area contributed by atoms with E-state index in [1.54, 1.807) is 36.1 Å². The van der Waals surface area contributed by atoms with Gasteiger partial charge < -0.3 is 4.52 Å². The van der Waals surface area contributed by atoms with Gasteiger partial charge in [0, 0.05) is 4.88 Å². The molecule has 27 heavy (non-hydrogen) atoms. The molecular weight excluding hydrogens is 402 g/mol. The van der Waals surface area contributed by atoms with Gasteiger partial charge in [0.15, 0.2) is 4.34 Å². The molecule has 0 fully saturated rings. The molecule has 0 aliphatic rings. The van der Waals surface area contributed by atoms with E-state index in [1.165, 1.54) is 16.2 Å². The van der Waals surface area contributed by atoms with E-state index in [2.05, 4.69) is 25.7 Å². The van der Waals surface area contributed by atoms with Gasteiger partial charge in [-0.25, -0.2) is 4.98 Å². The molecule has 0 saturated heterocycles. The minimum Gasteiger partial charge on any atom is -0.335 e. The number of fused-ring (bicyclic) bond motifs is 1. The lowest BCUT2D eigenvalue weighted by Gasteiger charge is -2.05. The highest BCUT2D eigenvalue weighted by molar-refractivity contribution is 8.01. The summed E-state index contributed by atoms with van der Waals surface area (Å²) >= 11 is 4.55.